The molecule has 0 aliphatic heterocycles. The topological polar surface area (TPSA) is 0 Å². The highest BCUT2D eigenvalue weighted by Gasteiger charge is 2.11. The molecule has 0 amide bonds. The highest BCUT2D eigenvalue weighted by molar-refractivity contribution is 6.36. The third kappa shape index (κ3) is 8.88. The van der Waals surface area contributed by atoms with Gasteiger partial charge in [-0.05, 0) is 59.7 Å². The monoisotopic (exact) mass is 516 g/mol. The zero-order valence-electron chi connectivity index (χ0n) is 19.7. The molecule has 3 aromatic carbocycles. The molecule has 6 heteroatoms. The van der Waals surface area contributed by atoms with Crippen molar-refractivity contribution in [2.24, 2.45) is 0 Å². The SMILES string of the molecule is CC(C)c1c(Cl)cccc1Cl.CC(C)c1c(F)cccc1Cl.CC(C)c1c(F)cccc1F. The van der Waals surface area contributed by atoms with Crippen LogP contribution in [0.15, 0.2) is 54.6 Å². The Kier molecular flexibility index (Phi) is 12.4. The van der Waals surface area contributed by atoms with Crippen LogP contribution < -0.4 is 0 Å². The van der Waals surface area contributed by atoms with E-state index in [4.69, 9.17) is 34.8 Å². The summed E-state index contributed by atoms with van der Waals surface area (Å²) >= 11 is 17.7. The fraction of sp³-hybridized carbons (Fsp3) is 0.333. The van der Waals surface area contributed by atoms with Crippen molar-refractivity contribution >= 4 is 34.8 Å². The lowest BCUT2D eigenvalue weighted by atomic mass is 10.0. The van der Waals surface area contributed by atoms with Crippen LogP contribution in [-0.2, 0) is 0 Å². The van der Waals surface area contributed by atoms with Gasteiger partial charge in [-0.1, -0.05) is 94.5 Å². The van der Waals surface area contributed by atoms with Crippen LogP contribution in [0.5, 0.6) is 0 Å². The Labute approximate surface area is 210 Å². The van der Waals surface area contributed by atoms with Crippen molar-refractivity contribution in [3.63, 3.8) is 0 Å². The van der Waals surface area contributed by atoms with E-state index in [0.717, 1.165) is 15.6 Å². The Morgan fingerprint density at radius 1 is 0.455 bits per heavy atom. The van der Waals surface area contributed by atoms with Crippen molar-refractivity contribution in [2.45, 2.75) is 59.3 Å². The second kappa shape index (κ2) is 13.9. The van der Waals surface area contributed by atoms with Crippen molar-refractivity contribution in [2.75, 3.05) is 0 Å². The minimum absolute atomic E-state index is 0.101. The number of benzene rings is 3. The Morgan fingerprint density at radius 2 is 0.727 bits per heavy atom. The summed E-state index contributed by atoms with van der Waals surface area (Å²) in [7, 11) is 0. The van der Waals surface area contributed by atoms with Gasteiger partial charge in [-0.3, -0.25) is 0 Å². The Balaban J connectivity index is 0.000000247. The Bertz CT molecular complexity index is 838. The molecule has 0 aliphatic rings. The summed E-state index contributed by atoms with van der Waals surface area (Å²) in [4.78, 5) is 0. The second-order valence-corrected chi connectivity index (χ2v) is 9.59. The molecule has 3 rings (SSSR count). The van der Waals surface area contributed by atoms with Gasteiger partial charge in [0.1, 0.15) is 17.5 Å². The summed E-state index contributed by atoms with van der Waals surface area (Å²) in [6.45, 7) is 11.5. The van der Waals surface area contributed by atoms with E-state index in [2.05, 4.69) is 13.8 Å². The normalized spacial score (nSPS) is 10.6. The first-order valence-corrected chi connectivity index (χ1v) is 11.8. The number of rotatable bonds is 3. The first-order valence-electron chi connectivity index (χ1n) is 10.7. The molecule has 0 aromatic heterocycles. The van der Waals surface area contributed by atoms with E-state index in [0.29, 0.717) is 16.5 Å². The first kappa shape index (κ1) is 29.4. The number of hydrogen-bond donors (Lipinski definition) is 0. The lowest BCUT2D eigenvalue weighted by molar-refractivity contribution is 0.542. The minimum Gasteiger partial charge on any atom is -0.207 e. The van der Waals surface area contributed by atoms with Gasteiger partial charge in [0.05, 0.1) is 0 Å². The minimum atomic E-state index is -0.458. The molecule has 0 radical (unpaired) electrons. The summed E-state index contributed by atoms with van der Waals surface area (Å²) in [5.41, 5.74) is 1.82. The van der Waals surface area contributed by atoms with E-state index in [9.17, 15) is 13.2 Å². The average molecular weight is 518 g/mol. The highest BCUT2D eigenvalue weighted by Crippen LogP contribution is 2.30. The van der Waals surface area contributed by atoms with Crippen molar-refractivity contribution in [1.29, 1.82) is 0 Å². The van der Waals surface area contributed by atoms with Crippen LogP contribution in [0.3, 0.4) is 0 Å². The number of halogens is 6. The van der Waals surface area contributed by atoms with E-state index >= 15 is 0 Å². The molecule has 0 fully saturated rings. The van der Waals surface area contributed by atoms with Gasteiger partial charge < -0.3 is 0 Å². The standard InChI is InChI=1S/C9H10Cl2.C9H10ClF.C9H10F2/c3*1-6(2)9-7(10)4-3-5-8(9)11/h3*3-6H,1-2H3. The third-order valence-corrected chi connectivity index (χ3v) is 5.72. The quantitative estimate of drug-likeness (QED) is 0.324. The maximum Gasteiger partial charge on any atom is 0.129 e. The van der Waals surface area contributed by atoms with Gasteiger partial charge in [-0.25, -0.2) is 13.2 Å². The van der Waals surface area contributed by atoms with Crippen LogP contribution in [0.4, 0.5) is 13.2 Å². The molecular weight excluding hydrogens is 488 g/mol. The maximum atomic E-state index is 13.0. The van der Waals surface area contributed by atoms with E-state index in [-0.39, 0.29) is 23.2 Å². The van der Waals surface area contributed by atoms with E-state index in [1.165, 1.54) is 24.3 Å². The summed E-state index contributed by atoms with van der Waals surface area (Å²) in [6.07, 6.45) is 0. The van der Waals surface area contributed by atoms with Gasteiger partial charge in [0.15, 0.2) is 0 Å². The zero-order valence-corrected chi connectivity index (χ0v) is 22.0. The van der Waals surface area contributed by atoms with E-state index < -0.39 is 11.6 Å². The van der Waals surface area contributed by atoms with Crippen LogP contribution in [0.2, 0.25) is 15.1 Å². The van der Waals surface area contributed by atoms with Crippen molar-refractivity contribution < 1.29 is 13.2 Å². The van der Waals surface area contributed by atoms with Crippen molar-refractivity contribution in [3.8, 4) is 0 Å². The molecule has 33 heavy (non-hydrogen) atoms. The van der Waals surface area contributed by atoms with Crippen LogP contribution in [0.25, 0.3) is 0 Å². The predicted molar refractivity (Wildman–Crippen MR) is 136 cm³/mol. The van der Waals surface area contributed by atoms with E-state index in [1.807, 2.05) is 32.0 Å². The van der Waals surface area contributed by atoms with Gasteiger partial charge >= 0.3 is 0 Å². The molecular formula is C27H30Cl3F3. The van der Waals surface area contributed by atoms with Gasteiger partial charge in [0.2, 0.25) is 0 Å². The lowest BCUT2D eigenvalue weighted by Gasteiger charge is -2.09. The third-order valence-electron chi connectivity index (χ3n) is 4.73. The first-order chi connectivity index (χ1) is 15.4. The van der Waals surface area contributed by atoms with Crippen LogP contribution >= 0.6 is 34.8 Å². The summed E-state index contributed by atoms with van der Waals surface area (Å²) in [5, 5.41) is 2.03. The highest BCUT2D eigenvalue weighted by atomic mass is 35.5. The number of hydrogen-bond acceptors (Lipinski definition) is 0. The molecule has 180 valence electrons. The molecule has 3 aromatic rings. The molecule has 0 bridgehead atoms. The molecule has 0 heterocycles. The van der Waals surface area contributed by atoms with Crippen LogP contribution in [0.1, 0.15) is 76.0 Å². The zero-order chi connectivity index (χ0) is 25.3. The molecule has 0 spiro atoms. The average Bonchev–Trinajstić information content (AvgIpc) is 2.68. The smallest absolute Gasteiger partial charge is 0.129 e. The Hall–Kier alpha value is -1.68. The molecule has 0 saturated heterocycles. The Morgan fingerprint density at radius 3 is 0.970 bits per heavy atom. The van der Waals surface area contributed by atoms with Gasteiger partial charge in [0.25, 0.3) is 0 Å². The summed E-state index contributed by atoms with van der Waals surface area (Å²) in [6, 6.07) is 14.3. The van der Waals surface area contributed by atoms with Gasteiger partial charge in [-0.15, -0.1) is 0 Å². The summed E-state index contributed by atoms with van der Waals surface area (Å²) in [5.74, 6) is -0.705. The molecule has 0 aliphatic carbocycles. The second-order valence-electron chi connectivity index (χ2n) is 8.37. The van der Waals surface area contributed by atoms with Crippen LogP contribution in [0, 0.1) is 17.5 Å². The molecule has 0 atom stereocenters. The van der Waals surface area contributed by atoms with Gasteiger partial charge in [0, 0.05) is 26.2 Å². The maximum absolute atomic E-state index is 13.0. The van der Waals surface area contributed by atoms with Crippen LogP contribution in [-0.4, -0.2) is 0 Å². The fourth-order valence-corrected chi connectivity index (χ4v) is 4.40. The predicted octanol–water partition coefficient (Wildman–Crippen LogP) is 10.8. The lowest BCUT2D eigenvalue weighted by Crippen LogP contribution is -1.96. The molecule has 0 saturated carbocycles. The van der Waals surface area contributed by atoms with Gasteiger partial charge in [-0.2, -0.15) is 0 Å². The van der Waals surface area contributed by atoms with Crippen molar-refractivity contribution in [3.05, 3.63) is 104 Å². The van der Waals surface area contributed by atoms with E-state index in [1.54, 1.807) is 26.0 Å². The molecule has 0 nitrogen and oxygen atoms in total. The summed E-state index contributed by atoms with van der Waals surface area (Å²) < 4.78 is 38.7. The largest absolute Gasteiger partial charge is 0.207 e. The molecule has 0 N–H and O–H groups in total. The molecule has 0 unspecified atom stereocenters. The fourth-order valence-electron chi connectivity index (χ4n) is 3.19. The van der Waals surface area contributed by atoms with Crippen molar-refractivity contribution in [1.82, 2.24) is 0 Å².